The first-order valence-corrected chi connectivity index (χ1v) is 7.95. The lowest BCUT2D eigenvalue weighted by molar-refractivity contribution is 0.438. The molecule has 0 bridgehead atoms. The summed E-state index contributed by atoms with van der Waals surface area (Å²) in [6.45, 7) is 12.3. The molecule has 1 aromatic rings. The molecule has 1 atom stereocenters. The van der Waals surface area contributed by atoms with Crippen LogP contribution >= 0.6 is 11.8 Å². The average molecular weight is 265 g/mol. The van der Waals surface area contributed by atoms with Crippen molar-refractivity contribution in [1.29, 1.82) is 0 Å². The second kappa shape index (κ2) is 7.85. The Labute approximate surface area is 117 Å². The Morgan fingerprint density at radius 1 is 1.00 bits per heavy atom. The van der Waals surface area contributed by atoms with Crippen molar-refractivity contribution >= 4 is 11.8 Å². The van der Waals surface area contributed by atoms with Crippen LogP contribution in [0, 0.1) is 5.92 Å². The van der Waals surface area contributed by atoms with E-state index in [1.807, 2.05) is 11.8 Å². The number of benzene rings is 1. The van der Waals surface area contributed by atoms with Gasteiger partial charge in [0.25, 0.3) is 0 Å². The van der Waals surface area contributed by atoms with Gasteiger partial charge in [0, 0.05) is 23.2 Å². The molecule has 1 nitrogen and oxygen atoms in total. The van der Waals surface area contributed by atoms with Gasteiger partial charge in [-0.15, -0.1) is 11.8 Å². The summed E-state index contributed by atoms with van der Waals surface area (Å²) in [7, 11) is 0. The van der Waals surface area contributed by atoms with E-state index in [9.17, 15) is 0 Å². The second-order valence-electron chi connectivity index (χ2n) is 5.56. The first-order valence-electron chi connectivity index (χ1n) is 6.97. The van der Waals surface area contributed by atoms with E-state index in [0.717, 1.165) is 12.3 Å². The number of nitrogens with one attached hydrogen (secondary N) is 1. The highest BCUT2D eigenvalue weighted by molar-refractivity contribution is 7.99. The average Bonchev–Trinajstić information content (AvgIpc) is 2.34. The van der Waals surface area contributed by atoms with Gasteiger partial charge in [-0.25, -0.2) is 0 Å². The molecule has 0 aliphatic heterocycles. The minimum atomic E-state index is 0.605. The lowest BCUT2D eigenvalue weighted by Crippen LogP contribution is -2.32. The van der Waals surface area contributed by atoms with Crippen molar-refractivity contribution < 1.29 is 0 Å². The first kappa shape index (κ1) is 15.6. The minimum absolute atomic E-state index is 0.605. The molecule has 102 valence electrons. The third-order valence-electron chi connectivity index (χ3n) is 3.38. The summed E-state index contributed by atoms with van der Waals surface area (Å²) in [5.74, 6) is 2.47. The number of hydrogen-bond acceptors (Lipinski definition) is 2. The highest BCUT2D eigenvalue weighted by Gasteiger charge is 2.05. The van der Waals surface area contributed by atoms with Crippen LogP contribution in [0.25, 0.3) is 0 Å². The molecule has 1 rings (SSSR count). The molecule has 1 N–H and O–H groups in total. The zero-order valence-corrected chi connectivity index (χ0v) is 13.2. The molecule has 2 heteroatoms. The molecule has 0 aromatic heterocycles. The predicted octanol–water partition coefficient (Wildman–Crippen LogP) is 4.54. The monoisotopic (exact) mass is 265 g/mol. The van der Waals surface area contributed by atoms with Crippen molar-refractivity contribution in [3.8, 4) is 0 Å². The topological polar surface area (TPSA) is 12.0 Å². The van der Waals surface area contributed by atoms with E-state index >= 15 is 0 Å². The standard InChI is InChI=1S/C16H27NS/c1-12(2)14(5)17-10-11-18-16-8-6-15(7-9-16)13(3)4/h6-9,12-14,17H,10-11H2,1-5H3. The highest BCUT2D eigenvalue weighted by atomic mass is 32.2. The van der Waals surface area contributed by atoms with Gasteiger partial charge in [-0.2, -0.15) is 0 Å². The fourth-order valence-electron chi connectivity index (χ4n) is 1.64. The molecule has 1 unspecified atom stereocenters. The Hall–Kier alpha value is -0.470. The van der Waals surface area contributed by atoms with E-state index in [0.29, 0.717) is 17.9 Å². The van der Waals surface area contributed by atoms with Gasteiger partial charge in [-0.1, -0.05) is 39.8 Å². The van der Waals surface area contributed by atoms with Crippen molar-refractivity contribution in [3.63, 3.8) is 0 Å². The summed E-state index contributed by atoms with van der Waals surface area (Å²) >= 11 is 1.93. The van der Waals surface area contributed by atoms with Gasteiger partial charge in [0.15, 0.2) is 0 Å². The van der Waals surface area contributed by atoms with Crippen LogP contribution in [0.4, 0.5) is 0 Å². The number of thioether (sulfide) groups is 1. The Morgan fingerprint density at radius 3 is 2.11 bits per heavy atom. The molecule has 0 fully saturated rings. The van der Waals surface area contributed by atoms with Gasteiger partial charge in [0.2, 0.25) is 0 Å². The quantitative estimate of drug-likeness (QED) is 0.574. The zero-order chi connectivity index (χ0) is 13.5. The Balaban J connectivity index is 2.27. The maximum absolute atomic E-state index is 3.56. The van der Waals surface area contributed by atoms with Gasteiger partial charge in [0.1, 0.15) is 0 Å². The maximum atomic E-state index is 3.56. The van der Waals surface area contributed by atoms with E-state index in [1.165, 1.54) is 10.5 Å². The molecule has 0 aliphatic rings. The van der Waals surface area contributed by atoms with Crippen LogP contribution in [0.15, 0.2) is 29.2 Å². The van der Waals surface area contributed by atoms with Crippen molar-refractivity contribution in [2.75, 3.05) is 12.3 Å². The van der Waals surface area contributed by atoms with Crippen molar-refractivity contribution in [2.24, 2.45) is 5.92 Å². The summed E-state index contributed by atoms with van der Waals surface area (Å²) in [5, 5.41) is 3.56. The normalized spacial score (nSPS) is 13.3. The van der Waals surface area contributed by atoms with Gasteiger partial charge in [0.05, 0.1) is 0 Å². The molecule has 0 heterocycles. The van der Waals surface area contributed by atoms with Gasteiger partial charge in [-0.3, -0.25) is 0 Å². The van der Waals surface area contributed by atoms with Crippen LogP contribution in [-0.2, 0) is 0 Å². The van der Waals surface area contributed by atoms with E-state index < -0.39 is 0 Å². The van der Waals surface area contributed by atoms with Crippen molar-refractivity contribution in [1.82, 2.24) is 5.32 Å². The van der Waals surface area contributed by atoms with Gasteiger partial charge in [-0.05, 0) is 36.5 Å². The smallest absolute Gasteiger partial charge is 0.0106 e. The van der Waals surface area contributed by atoms with E-state index in [4.69, 9.17) is 0 Å². The van der Waals surface area contributed by atoms with Crippen molar-refractivity contribution in [3.05, 3.63) is 29.8 Å². The third-order valence-corrected chi connectivity index (χ3v) is 4.40. The lowest BCUT2D eigenvalue weighted by Gasteiger charge is -2.17. The maximum Gasteiger partial charge on any atom is 0.0106 e. The Morgan fingerprint density at radius 2 is 1.61 bits per heavy atom. The van der Waals surface area contributed by atoms with Crippen LogP contribution in [-0.4, -0.2) is 18.3 Å². The molecule has 0 radical (unpaired) electrons. The van der Waals surface area contributed by atoms with Crippen LogP contribution < -0.4 is 5.32 Å². The van der Waals surface area contributed by atoms with E-state index in [1.54, 1.807) is 0 Å². The van der Waals surface area contributed by atoms with E-state index in [2.05, 4.69) is 64.2 Å². The fourth-order valence-corrected chi connectivity index (χ4v) is 2.42. The van der Waals surface area contributed by atoms with E-state index in [-0.39, 0.29) is 0 Å². The summed E-state index contributed by atoms with van der Waals surface area (Å²) in [5.41, 5.74) is 1.42. The van der Waals surface area contributed by atoms with Gasteiger partial charge >= 0.3 is 0 Å². The predicted molar refractivity (Wildman–Crippen MR) is 83.6 cm³/mol. The summed E-state index contributed by atoms with van der Waals surface area (Å²) < 4.78 is 0. The second-order valence-corrected chi connectivity index (χ2v) is 6.73. The van der Waals surface area contributed by atoms with Crippen LogP contribution in [0.1, 0.15) is 46.1 Å². The molecule has 1 aromatic carbocycles. The molecular weight excluding hydrogens is 238 g/mol. The zero-order valence-electron chi connectivity index (χ0n) is 12.4. The van der Waals surface area contributed by atoms with Crippen LogP contribution in [0.5, 0.6) is 0 Å². The summed E-state index contributed by atoms with van der Waals surface area (Å²) in [6, 6.07) is 9.58. The highest BCUT2D eigenvalue weighted by Crippen LogP contribution is 2.21. The van der Waals surface area contributed by atoms with Gasteiger partial charge < -0.3 is 5.32 Å². The molecule has 0 spiro atoms. The Bertz CT molecular complexity index is 329. The summed E-state index contributed by atoms with van der Waals surface area (Å²) in [6.07, 6.45) is 0. The molecular formula is C16H27NS. The molecule has 18 heavy (non-hydrogen) atoms. The SMILES string of the molecule is CC(C)c1ccc(SCCNC(C)C(C)C)cc1. The van der Waals surface area contributed by atoms with Crippen LogP contribution in [0.3, 0.4) is 0 Å². The molecule has 0 amide bonds. The molecule has 0 aliphatic carbocycles. The fraction of sp³-hybridized carbons (Fsp3) is 0.625. The first-order chi connectivity index (χ1) is 8.50. The van der Waals surface area contributed by atoms with Crippen LogP contribution in [0.2, 0.25) is 0 Å². The molecule has 0 saturated carbocycles. The largest absolute Gasteiger partial charge is 0.313 e. The molecule has 0 saturated heterocycles. The van der Waals surface area contributed by atoms with Crippen molar-refractivity contribution in [2.45, 2.75) is 51.5 Å². The summed E-state index contributed by atoms with van der Waals surface area (Å²) in [4.78, 5) is 1.37. The third kappa shape index (κ3) is 5.45. The number of hydrogen-bond donors (Lipinski definition) is 1. The minimum Gasteiger partial charge on any atom is -0.313 e. The Kier molecular flexibility index (Phi) is 6.80. The lowest BCUT2D eigenvalue weighted by atomic mass is 10.0. The number of rotatable bonds is 7.